The standard InChI is InChI=1S/C17H20N4OS/c1-5-21-11(4)8-14(20-21)16(22)19-17-18-13-7-6-12(10(2)3)9-15(13)23-17/h6-10H,5H2,1-4H3,(H,18,19,22). The molecule has 23 heavy (non-hydrogen) atoms. The predicted octanol–water partition coefficient (Wildman–Crippen LogP) is 4.20. The second-order valence-electron chi connectivity index (χ2n) is 5.84. The number of benzene rings is 1. The highest BCUT2D eigenvalue weighted by atomic mass is 32.1. The van der Waals surface area contributed by atoms with Gasteiger partial charge in [0.2, 0.25) is 0 Å². The number of fused-ring (bicyclic) bond motifs is 1. The van der Waals surface area contributed by atoms with Crippen LogP contribution in [0.1, 0.15) is 48.4 Å². The molecule has 0 aliphatic rings. The van der Waals surface area contributed by atoms with Gasteiger partial charge in [0.05, 0.1) is 10.2 Å². The molecule has 6 heteroatoms. The second kappa shape index (κ2) is 6.12. The number of hydrogen-bond donors (Lipinski definition) is 1. The molecule has 2 aromatic heterocycles. The van der Waals surface area contributed by atoms with E-state index in [-0.39, 0.29) is 5.91 Å². The normalized spacial score (nSPS) is 11.3. The minimum absolute atomic E-state index is 0.219. The second-order valence-corrected chi connectivity index (χ2v) is 6.87. The predicted molar refractivity (Wildman–Crippen MR) is 94.3 cm³/mol. The number of nitrogens with zero attached hydrogens (tertiary/aromatic N) is 3. The number of anilines is 1. The Kier molecular flexibility index (Phi) is 4.17. The Labute approximate surface area is 139 Å². The van der Waals surface area contributed by atoms with Gasteiger partial charge in [0.15, 0.2) is 10.8 Å². The Morgan fingerprint density at radius 1 is 1.35 bits per heavy atom. The fourth-order valence-corrected chi connectivity index (χ4v) is 3.37. The number of hydrogen-bond acceptors (Lipinski definition) is 4. The first-order valence-electron chi connectivity index (χ1n) is 7.74. The lowest BCUT2D eigenvalue weighted by molar-refractivity contribution is 0.102. The molecule has 2 heterocycles. The van der Waals surface area contributed by atoms with Crippen LogP contribution in [0, 0.1) is 6.92 Å². The fraction of sp³-hybridized carbons (Fsp3) is 0.353. The van der Waals surface area contributed by atoms with Gasteiger partial charge in [-0.1, -0.05) is 31.3 Å². The van der Waals surface area contributed by atoms with Crippen molar-refractivity contribution in [3.8, 4) is 0 Å². The van der Waals surface area contributed by atoms with E-state index < -0.39 is 0 Å². The van der Waals surface area contributed by atoms with E-state index in [1.165, 1.54) is 16.9 Å². The lowest BCUT2D eigenvalue weighted by Gasteiger charge is -2.03. The largest absolute Gasteiger partial charge is 0.296 e. The van der Waals surface area contributed by atoms with Crippen LogP contribution in [0.25, 0.3) is 10.2 Å². The summed E-state index contributed by atoms with van der Waals surface area (Å²) in [7, 11) is 0. The van der Waals surface area contributed by atoms with E-state index >= 15 is 0 Å². The number of rotatable bonds is 4. The van der Waals surface area contributed by atoms with Gasteiger partial charge in [0.1, 0.15) is 0 Å². The van der Waals surface area contributed by atoms with Crippen molar-refractivity contribution in [1.29, 1.82) is 0 Å². The highest BCUT2D eigenvalue weighted by Crippen LogP contribution is 2.29. The summed E-state index contributed by atoms with van der Waals surface area (Å²) in [5, 5.41) is 7.76. The maximum absolute atomic E-state index is 12.3. The molecule has 0 spiro atoms. The minimum atomic E-state index is -0.219. The van der Waals surface area contributed by atoms with Crippen LogP contribution in [0.4, 0.5) is 5.13 Å². The van der Waals surface area contributed by atoms with Crippen LogP contribution in [0.3, 0.4) is 0 Å². The van der Waals surface area contributed by atoms with E-state index in [0.717, 1.165) is 22.5 Å². The molecule has 3 rings (SSSR count). The summed E-state index contributed by atoms with van der Waals surface area (Å²) in [4.78, 5) is 16.8. The Balaban J connectivity index is 1.84. The molecular weight excluding hydrogens is 308 g/mol. The first kappa shape index (κ1) is 15.7. The van der Waals surface area contributed by atoms with Crippen LogP contribution in [0.5, 0.6) is 0 Å². The maximum atomic E-state index is 12.3. The highest BCUT2D eigenvalue weighted by Gasteiger charge is 2.14. The van der Waals surface area contributed by atoms with E-state index in [4.69, 9.17) is 0 Å². The van der Waals surface area contributed by atoms with Crippen LogP contribution >= 0.6 is 11.3 Å². The smallest absolute Gasteiger partial charge is 0.277 e. The summed E-state index contributed by atoms with van der Waals surface area (Å²) >= 11 is 1.49. The van der Waals surface area contributed by atoms with Gasteiger partial charge in [-0.2, -0.15) is 5.10 Å². The quantitative estimate of drug-likeness (QED) is 0.781. The molecular formula is C17H20N4OS. The van der Waals surface area contributed by atoms with Gasteiger partial charge >= 0.3 is 0 Å². The van der Waals surface area contributed by atoms with Crippen molar-refractivity contribution < 1.29 is 4.79 Å². The van der Waals surface area contributed by atoms with E-state index in [1.54, 1.807) is 6.07 Å². The molecule has 1 aromatic carbocycles. The highest BCUT2D eigenvalue weighted by molar-refractivity contribution is 7.22. The van der Waals surface area contributed by atoms with E-state index in [2.05, 4.69) is 41.4 Å². The van der Waals surface area contributed by atoms with Crippen molar-refractivity contribution in [2.75, 3.05) is 5.32 Å². The Hall–Kier alpha value is -2.21. The third-order valence-electron chi connectivity index (χ3n) is 3.81. The topological polar surface area (TPSA) is 59.8 Å². The van der Waals surface area contributed by atoms with Crippen molar-refractivity contribution >= 4 is 32.6 Å². The zero-order valence-corrected chi connectivity index (χ0v) is 14.6. The van der Waals surface area contributed by atoms with Gasteiger partial charge in [0.25, 0.3) is 5.91 Å². The van der Waals surface area contributed by atoms with Crippen LogP contribution in [0.15, 0.2) is 24.3 Å². The Morgan fingerprint density at radius 2 is 2.13 bits per heavy atom. The van der Waals surface area contributed by atoms with Crippen LogP contribution in [-0.2, 0) is 6.54 Å². The monoisotopic (exact) mass is 328 g/mol. The van der Waals surface area contributed by atoms with Crippen LogP contribution in [0.2, 0.25) is 0 Å². The molecule has 5 nitrogen and oxygen atoms in total. The molecule has 0 atom stereocenters. The van der Waals surface area contributed by atoms with Gasteiger partial charge in [-0.05, 0) is 43.5 Å². The zero-order valence-electron chi connectivity index (χ0n) is 13.8. The fourth-order valence-electron chi connectivity index (χ4n) is 2.46. The molecule has 120 valence electrons. The van der Waals surface area contributed by atoms with Crippen LogP contribution in [-0.4, -0.2) is 20.7 Å². The van der Waals surface area contributed by atoms with Gasteiger partial charge in [0, 0.05) is 12.2 Å². The number of aromatic nitrogens is 3. The molecule has 3 aromatic rings. The number of aryl methyl sites for hydroxylation is 2. The molecule has 0 fully saturated rings. The maximum Gasteiger partial charge on any atom is 0.277 e. The summed E-state index contributed by atoms with van der Waals surface area (Å²) in [6, 6.07) is 8.03. The molecule has 0 unspecified atom stereocenters. The molecule has 0 aliphatic heterocycles. The summed E-state index contributed by atoms with van der Waals surface area (Å²) in [5.41, 5.74) is 3.58. The SMILES string of the molecule is CCn1nc(C(=O)Nc2nc3ccc(C(C)C)cc3s2)cc1C. The molecule has 0 saturated heterocycles. The summed E-state index contributed by atoms with van der Waals surface area (Å²) < 4.78 is 2.89. The van der Waals surface area contributed by atoms with Gasteiger partial charge < -0.3 is 0 Å². The lowest BCUT2D eigenvalue weighted by Crippen LogP contribution is -2.13. The number of amides is 1. The van der Waals surface area contributed by atoms with Crippen molar-refractivity contribution in [2.45, 2.75) is 40.2 Å². The average Bonchev–Trinajstić information content (AvgIpc) is 3.08. The molecule has 0 aliphatic carbocycles. The first-order valence-corrected chi connectivity index (χ1v) is 8.56. The number of carbonyl (C=O) groups excluding carboxylic acids is 1. The van der Waals surface area contributed by atoms with Crippen molar-refractivity contribution in [2.24, 2.45) is 0 Å². The molecule has 1 amide bonds. The molecule has 1 N–H and O–H groups in total. The number of thiazole rings is 1. The van der Waals surface area contributed by atoms with Crippen molar-refractivity contribution in [3.05, 3.63) is 41.2 Å². The summed E-state index contributed by atoms with van der Waals surface area (Å²) in [6.45, 7) is 9.02. The van der Waals surface area contributed by atoms with E-state index in [9.17, 15) is 4.79 Å². The van der Waals surface area contributed by atoms with Crippen molar-refractivity contribution in [3.63, 3.8) is 0 Å². The Morgan fingerprint density at radius 3 is 2.78 bits per heavy atom. The third-order valence-corrected chi connectivity index (χ3v) is 4.75. The third kappa shape index (κ3) is 3.12. The average molecular weight is 328 g/mol. The van der Waals surface area contributed by atoms with Gasteiger partial charge in [-0.3, -0.25) is 14.8 Å². The zero-order chi connectivity index (χ0) is 16.6. The number of nitrogens with one attached hydrogen (secondary N) is 1. The molecule has 0 radical (unpaired) electrons. The Bertz CT molecular complexity index is 863. The van der Waals surface area contributed by atoms with Gasteiger partial charge in [-0.15, -0.1) is 0 Å². The number of carbonyl (C=O) groups is 1. The summed E-state index contributed by atoms with van der Waals surface area (Å²) in [6.07, 6.45) is 0. The van der Waals surface area contributed by atoms with E-state index in [0.29, 0.717) is 16.7 Å². The molecule has 0 saturated carbocycles. The van der Waals surface area contributed by atoms with E-state index in [1.807, 2.05) is 24.6 Å². The minimum Gasteiger partial charge on any atom is -0.296 e. The first-order chi connectivity index (χ1) is 11.0. The van der Waals surface area contributed by atoms with Crippen molar-refractivity contribution in [1.82, 2.24) is 14.8 Å². The van der Waals surface area contributed by atoms with Gasteiger partial charge in [-0.25, -0.2) is 4.98 Å². The lowest BCUT2D eigenvalue weighted by atomic mass is 10.0. The van der Waals surface area contributed by atoms with Crippen LogP contribution < -0.4 is 5.32 Å². The molecule has 0 bridgehead atoms. The summed E-state index contributed by atoms with van der Waals surface area (Å²) in [5.74, 6) is 0.254.